The number of benzene rings is 2. The van der Waals surface area contributed by atoms with Crippen LogP contribution in [0.15, 0.2) is 41.4 Å². The monoisotopic (exact) mass is 633 g/mol. The molecule has 45 heavy (non-hydrogen) atoms. The van der Waals surface area contributed by atoms with Gasteiger partial charge in [-0.25, -0.2) is 9.78 Å². The number of nitrogens with two attached hydrogens (primary N) is 2. The van der Waals surface area contributed by atoms with E-state index in [1.807, 2.05) is 28.5 Å². The number of nitrogens with zero attached hydrogens (tertiary/aromatic N) is 6. The number of imidazole rings is 1. The number of aromatic nitrogens is 2. The maximum atomic E-state index is 13.7. The number of anilines is 2. The number of thioether (sulfide) groups is 1. The van der Waals surface area contributed by atoms with Crippen LogP contribution in [-0.4, -0.2) is 107 Å². The first-order valence-corrected chi connectivity index (χ1v) is 16.6. The number of fused-ring (bicyclic) bond motifs is 5. The van der Waals surface area contributed by atoms with Crippen molar-refractivity contribution >= 4 is 58.0 Å². The smallest absolute Gasteiger partial charge is 0.409 e. The number of nitrogens with one attached hydrogen (secondary N) is 1. The minimum atomic E-state index is -0.557. The van der Waals surface area contributed by atoms with Crippen molar-refractivity contribution in [2.24, 2.45) is 16.5 Å². The van der Waals surface area contributed by atoms with Crippen molar-refractivity contribution in [3.8, 4) is 11.4 Å². The number of carbonyl (C=O) groups is 3. The van der Waals surface area contributed by atoms with Crippen LogP contribution >= 0.6 is 11.8 Å². The van der Waals surface area contributed by atoms with Crippen LogP contribution in [0.4, 0.5) is 16.2 Å². The molecule has 1 atom stereocenters. The molecule has 0 saturated carbocycles. The molecule has 3 aliphatic heterocycles. The van der Waals surface area contributed by atoms with Gasteiger partial charge in [0.25, 0.3) is 5.91 Å². The molecule has 14 heteroatoms. The number of hydrogen-bond acceptors (Lipinski definition) is 8. The van der Waals surface area contributed by atoms with E-state index in [9.17, 15) is 14.4 Å². The van der Waals surface area contributed by atoms with Gasteiger partial charge in [-0.1, -0.05) is 0 Å². The van der Waals surface area contributed by atoms with E-state index in [2.05, 4.69) is 27.3 Å². The fourth-order valence-electron chi connectivity index (χ4n) is 6.16. The third-order valence-corrected chi connectivity index (χ3v) is 9.39. The number of carbonyl (C=O) groups excluding carboxylic acids is 3. The summed E-state index contributed by atoms with van der Waals surface area (Å²) in [5, 5.41) is 3.14. The molecule has 5 N–H and O–H groups in total. The summed E-state index contributed by atoms with van der Waals surface area (Å²) >= 11 is 1.95. The standard InChI is InChI=1S/C31H39N9O4S/c1-2-44-31(43)39-12-10-38(11-13-39)29(42)20-5-8-25-24(18-20)35-27-22-19-21(37-14-16-45-17-15-37)6-7-23(22)36-28(41)26(40(25)27)4-3-9-34-30(32)33/h5-8,18-19,26H,2-4,9-17H2,1H3,(H,36,41)(H4,32,33,34). The summed E-state index contributed by atoms with van der Waals surface area (Å²) in [6.07, 6.45) is 0.734. The number of guanidine groups is 1. The number of amides is 3. The van der Waals surface area contributed by atoms with Crippen molar-refractivity contribution in [2.75, 3.05) is 74.1 Å². The third kappa shape index (κ3) is 6.37. The minimum Gasteiger partial charge on any atom is -0.450 e. The quantitative estimate of drug-likeness (QED) is 0.202. The zero-order valence-corrected chi connectivity index (χ0v) is 26.2. The zero-order chi connectivity index (χ0) is 31.5. The predicted molar refractivity (Wildman–Crippen MR) is 177 cm³/mol. The van der Waals surface area contributed by atoms with Crippen LogP contribution in [-0.2, 0) is 9.53 Å². The molecule has 13 nitrogen and oxygen atoms in total. The molecule has 0 spiro atoms. The molecule has 2 fully saturated rings. The van der Waals surface area contributed by atoms with Crippen LogP contribution in [0.25, 0.3) is 22.4 Å². The molecular formula is C31H39N9O4S. The lowest BCUT2D eigenvalue weighted by molar-refractivity contribution is -0.119. The van der Waals surface area contributed by atoms with Gasteiger partial charge in [-0.05, 0) is 56.2 Å². The summed E-state index contributed by atoms with van der Waals surface area (Å²) < 4.78 is 7.10. The Kier molecular flexibility index (Phi) is 9.01. The number of ether oxygens (including phenoxy) is 1. The SMILES string of the molecule is CCOC(=O)N1CCN(C(=O)c2ccc3c(c2)nc2n3C(CCCN=C(N)N)C(=O)Nc3ccc(N4CCSCC4)cc3-2)CC1. The minimum absolute atomic E-state index is 0.0182. The highest BCUT2D eigenvalue weighted by Gasteiger charge is 2.32. The predicted octanol–water partition coefficient (Wildman–Crippen LogP) is 2.72. The van der Waals surface area contributed by atoms with Gasteiger partial charge >= 0.3 is 6.09 Å². The fourth-order valence-corrected chi connectivity index (χ4v) is 7.06. The van der Waals surface area contributed by atoms with Crippen molar-refractivity contribution in [2.45, 2.75) is 25.8 Å². The number of aliphatic imine (C=N–C) groups is 1. The van der Waals surface area contributed by atoms with E-state index in [0.29, 0.717) is 74.8 Å². The Balaban J connectivity index is 1.35. The van der Waals surface area contributed by atoms with Gasteiger partial charge in [-0.15, -0.1) is 0 Å². The second-order valence-electron chi connectivity index (χ2n) is 11.3. The molecule has 3 aliphatic rings. The Bertz CT molecular complexity index is 1620. The molecule has 238 valence electrons. The average molecular weight is 634 g/mol. The summed E-state index contributed by atoms with van der Waals surface area (Å²) in [5.41, 5.74) is 15.6. The van der Waals surface area contributed by atoms with Crippen molar-refractivity contribution in [1.29, 1.82) is 0 Å². The second kappa shape index (κ2) is 13.3. The number of piperazine rings is 1. The van der Waals surface area contributed by atoms with Crippen molar-refractivity contribution in [1.82, 2.24) is 19.4 Å². The van der Waals surface area contributed by atoms with Crippen LogP contribution in [0.2, 0.25) is 0 Å². The Morgan fingerprint density at radius 2 is 1.80 bits per heavy atom. The Hall–Kier alpha value is -4.46. The second-order valence-corrected chi connectivity index (χ2v) is 12.5. The van der Waals surface area contributed by atoms with Crippen LogP contribution in [0.3, 0.4) is 0 Å². The molecule has 6 rings (SSSR count). The first kappa shape index (κ1) is 30.6. The normalized spacial score (nSPS) is 18.1. The van der Waals surface area contributed by atoms with Gasteiger partial charge in [0, 0.05) is 74.1 Å². The lowest BCUT2D eigenvalue weighted by Gasteiger charge is -2.34. The molecule has 0 bridgehead atoms. The highest BCUT2D eigenvalue weighted by molar-refractivity contribution is 7.99. The Labute approximate surface area is 265 Å². The third-order valence-electron chi connectivity index (χ3n) is 8.45. The number of rotatable bonds is 7. The van der Waals surface area contributed by atoms with Gasteiger partial charge in [-0.3, -0.25) is 14.6 Å². The van der Waals surface area contributed by atoms with E-state index in [1.54, 1.807) is 28.9 Å². The molecule has 3 aromatic rings. The molecule has 0 radical (unpaired) electrons. The van der Waals surface area contributed by atoms with E-state index in [0.717, 1.165) is 41.4 Å². The maximum absolute atomic E-state index is 13.7. The van der Waals surface area contributed by atoms with E-state index in [1.165, 1.54) is 0 Å². The van der Waals surface area contributed by atoms with Crippen molar-refractivity contribution in [3.63, 3.8) is 0 Å². The van der Waals surface area contributed by atoms with Gasteiger partial charge in [-0.2, -0.15) is 11.8 Å². The fraction of sp³-hybridized carbons (Fsp3) is 0.452. The van der Waals surface area contributed by atoms with Gasteiger partial charge in [0.05, 0.1) is 23.3 Å². The summed E-state index contributed by atoms with van der Waals surface area (Å²) in [4.78, 5) is 54.3. The summed E-state index contributed by atoms with van der Waals surface area (Å²) in [7, 11) is 0. The Morgan fingerprint density at radius 3 is 2.53 bits per heavy atom. The molecule has 1 unspecified atom stereocenters. The highest BCUT2D eigenvalue weighted by atomic mass is 32.2. The first-order valence-electron chi connectivity index (χ1n) is 15.4. The number of hydrogen-bond donors (Lipinski definition) is 3. The van der Waals surface area contributed by atoms with E-state index in [-0.39, 0.29) is 23.9 Å². The Morgan fingerprint density at radius 1 is 1.04 bits per heavy atom. The molecule has 0 aliphatic carbocycles. The van der Waals surface area contributed by atoms with Crippen LogP contribution in [0.5, 0.6) is 0 Å². The van der Waals surface area contributed by atoms with E-state index >= 15 is 0 Å². The average Bonchev–Trinajstić information content (AvgIpc) is 3.38. The molecular weight excluding hydrogens is 594 g/mol. The molecule has 4 heterocycles. The molecule has 3 amide bonds. The van der Waals surface area contributed by atoms with E-state index < -0.39 is 6.04 Å². The van der Waals surface area contributed by atoms with Crippen molar-refractivity contribution in [3.05, 3.63) is 42.0 Å². The summed E-state index contributed by atoms with van der Waals surface area (Å²) in [6, 6.07) is 11.0. The van der Waals surface area contributed by atoms with Crippen LogP contribution in [0, 0.1) is 0 Å². The topological polar surface area (TPSA) is 164 Å². The van der Waals surface area contributed by atoms with Crippen LogP contribution in [0.1, 0.15) is 36.2 Å². The highest BCUT2D eigenvalue weighted by Crippen LogP contribution is 2.40. The zero-order valence-electron chi connectivity index (χ0n) is 25.4. The lowest BCUT2D eigenvalue weighted by Crippen LogP contribution is -2.50. The van der Waals surface area contributed by atoms with Gasteiger partial charge in [0.1, 0.15) is 11.9 Å². The van der Waals surface area contributed by atoms with Gasteiger partial charge < -0.3 is 40.8 Å². The first-order chi connectivity index (χ1) is 21.8. The molecule has 2 aromatic carbocycles. The maximum Gasteiger partial charge on any atom is 0.409 e. The van der Waals surface area contributed by atoms with Crippen molar-refractivity contribution < 1.29 is 19.1 Å². The summed E-state index contributed by atoms with van der Waals surface area (Å²) in [6.45, 7) is 6.06. The van der Waals surface area contributed by atoms with E-state index in [4.69, 9.17) is 21.2 Å². The molecule has 1 aromatic heterocycles. The van der Waals surface area contributed by atoms with Gasteiger partial charge in [0.15, 0.2) is 5.96 Å². The largest absolute Gasteiger partial charge is 0.450 e. The van der Waals surface area contributed by atoms with Gasteiger partial charge in [0.2, 0.25) is 5.91 Å². The molecule has 2 saturated heterocycles. The summed E-state index contributed by atoms with van der Waals surface area (Å²) in [5.74, 6) is 2.56. The lowest BCUT2D eigenvalue weighted by atomic mass is 10.1. The van der Waals surface area contributed by atoms with Crippen LogP contribution < -0.4 is 21.7 Å².